The average molecular weight is 221 g/mol. The van der Waals surface area contributed by atoms with Gasteiger partial charge in [0.2, 0.25) is 0 Å². The second kappa shape index (κ2) is 3.79. The number of nitrogens with one attached hydrogen (secondary N) is 2. The van der Waals surface area contributed by atoms with Crippen molar-refractivity contribution in [2.45, 2.75) is 64.8 Å². The minimum atomic E-state index is 0.0728. The highest BCUT2D eigenvalue weighted by atomic mass is 15.2. The van der Waals surface area contributed by atoms with Crippen LogP contribution in [0.2, 0.25) is 0 Å². The zero-order valence-corrected chi connectivity index (χ0v) is 11.0. The number of hydrogen-bond acceptors (Lipinski definition) is 2. The van der Waals surface area contributed by atoms with E-state index >= 15 is 0 Å². The zero-order chi connectivity index (χ0) is 11.9. The molecule has 0 aliphatic heterocycles. The molecule has 2 N–H and O–H groups in total. The van der Waals surface area contributed by atoms with Gasteiger partial charge in [-0.1, -0.05) is 13.8 Å². The summed E-state index contributed by atoms with van der Waals surface area (Å²) in [4.78, 5) is 0. The molecule has 16 heavy (non-hydrogen) atoms. The Morgan fingerprint density at radius 3 is 2.44 bits per heavy atom. The minimum Gasteiger partial charge on any atom is -0.364 e. The van der Waals surface area contributed by atoms with Crippen LogP contribution in [0.15, 0.2) is 0 Å². The van der Waals surface area contributed by atoms with E-state index in [4.69, 9.17) is 0 Å². The van der Waals surface area contributed by atoms with Crippen molar-refractivity contribution in [2.75, 3.05) is 5.32 Å². The van der Waals surface area contributed by atoms with Gasteiger partial charge in [-0.05, 0) is 45.4 Å². The van der Waals surface area contributed by atoms with Crippen LogP contribution in [-0.2, 0) is 0 Å². The van der Waals surface area contributed by atoms with E-state index in [0.29, 0.717) is 11.8 Å². The highest BCUT2D eigenvalue weighted by Gasteiger charge is 2.28. The molecule has 3 nitrogen and oxygen atoms in total. The Labute approximate surface area is 98.0 Å². The Bertz CT molecular complexity index is 373. The van der Waals surface area contributed by atoms with E-state index in [-0.39, 0.29) is 5.54 Å². The van der Waals surface area contributed by atoms with E-state index < -0.39 is 0 Å². The third kappa shape index (κ3) is 2.08. The molecule has 0 saturated carbocycles. The summed E-state index contributed by atoms with van der Waals surface area (Å²) < 4.78 is 0. The van der Waals surface area contributed by atoms with Crippen LogP contribution < -0.4 is 5.32 Å². The number of aromatic nitrogens is 2. The predicted molar refractivity (Wildman–Crippen MR) is 68.0 cm³/mol. The van der Waals surface area contributed by atoms with E-state index in [9.17, 15) is 0 Å². The largest absolute Gasteiger partial charge is 0.364 e. The van der Waals surface area contributed by atoms with E-state index in [0.717, 1.165) is 5.82 Å². The van der Waals surface area contributed by atoms with Crippen molar-refractivity contribution in [1.82, 2.24) is 10.2 Å². The second-order valence-corrected chi connectivity index (χ2v) is 6.15. The normalized spacial score (nSPS) is 25.3. The summed E-state index contributed by atoms with van der Waals surface area (Å²) in [5, 5.41) is 11.2. The molecule has 1 aliphatic rings. The molecular formula is C13H23N3. The molecular weight excluding hydrogens is 198 g/mol. The van der Waals surface area contributed by atoms with Crippen LogP contribution >= 0.6 is 0 Å². The van der Waals surface area contributed by atoms with Crippen LogP contribution in [0.3, 0.4) is 0 Å². The number of nitrogens with zero attached hydrogens (tertiary/aromatic N) is 1. The molecule has 1 aliphatic carbocycles. The van der Waals surface area contributed by atoms with Gasteiger partial charge in [-0.15, -0.1) is 0 Å². The summed E-state index contributed by atoms with van der Waals surface area (Å²) in [7, 11) is 0. The van der Waals surface area contributed by atoms with Gasteiger partial charge in [-0.3, -0.25) is 5.10 Å². The van der Waals surface area contributed by atoms with Gasteiger partial charge in [0, 0.05) is 16.8 Å². The highest BCUT2D eigenvalue weighted by molar-refractivity contribution is 5.51. The van der Waals surface area contributed by atoms with Gasteiger partial charge in [-0.25, -0.2) is 0 Å². The van der Waals surface area contributed by atoms with Crippen LogP contribution in [0.1, 0.15) is 70.6 Å². The molecule has 1 heterocycles. The maximum atomic E-state index is 4.45. The Balaban J connectivity index is 2.35. The van der Waals surface area contributed by atoms with Crippen molar-refractivity contribution in [1.29, 1.82) is 0 Å². The third-order valence-electron chi connectivity index (χ3n) is 3.35. The van der Waals surface area contributed by atoms with Gasteiger partial charge in [0.15, 0.2) is 5.82 Å². The molecule has 0 spiro atoms. The van der Waals surface area contributed by atoms with Crippen molar-refractivity contribution in [3.8, 4) is 0 Å². The Kier molecular flexibility index (Phi) is 2.72. The Hall–Kier alpha value is -0.990. The standard InChI is InChI=1S/C13H23N3/c1-8-6-7-9(2)11-10(8)12(16-15-11)14-13(3,4)5/h8-9H,6-7H2,1-5H3,(H2,14,15,16). The monoisotopic (exact) mass is 221 g/mol. The lowest BCUT2D eigenvalue weighted by atomic mass is 9.82. The number of fused-ring (bicyclic) bond motifs is 1. The molecule has 2 rings (SSSR count). The first-order chi connectivity index (χ1) is 7.38. The van der Waals surface area contributed by atoms with Gasteiger partial charge in [-0.2, -0.15) is 5.10 Å². The van der Waals surface area contributed by atoms with Gasteiger partial charge in [0.05, 0.1) is 0 Å². The van der Waals surface area contributed by atoms with E-state index in [1.807, 2.05) is 0 Å². The maximum absolute atomic E-state index is 4.45. The minimum absolute atomic E-state index is 0.0728. The second-order valence-electron chi connectivity index (χ2n) is 6.15. The molecule has 0 saturated heterocycles. The summed E-state index contributed by atoms with van der Waals surface area (Å²) in [6.07, 6.45) is 2.54. The van der Waals surface area contributed by atoms with Crippen molar-refractivity contribution in [2.24, 2.45) is 0 Å². The quantitative estimate of drug-likeness (QED) is 0.760. The summed E-state index contributed by atoms with van der Waals surface area (Å²) in [5.41, 5.74) is 2.82. The Morgan fingerprint density at radius 1 is 1.19 bits per heavy atom. The fourth-order valence-electron chi connectivity index (χ4n) is 2.48. The summed E-state index contributed by atoms with van der Waals surface area (Å²) in [5.74, 6) is 2.30. The molecule has 1 aromatic heterocycles. The molecule has 2 unspecified atom stereocenters. The molecule has 0 bridgehead atoms. The summed E-state index contributed by atoms with van der Waals surface area (Å²) >= 11 is 0. The van der Waals surface area contributed by atoms with Crippen molar-refractivity contribution >= 4 is 5.82 Å². The zero-order valence-electron chi connectivity index (χ0n) is 11.0. The number of rotatable bonds is 1. The van der Waals surface area contributed by atoms with Gasteiger partial charge < -0.3 is 5.32 Å². The van der Waals surface area contributed by atoms with Crippen LogP contribution in [0.5, 0.6) is 0 Å². The highest BCUT2D eigenvalue weighted by Crippen LogP contribution is 2.41. The third-order valence-corrected chi connectivity index (χ3v) is 3.35. The molecule has 90 valence electrons. The number of aromatic amines is 1. The fraction of sp³-hybridized carbons (Fsp3) is 0.769. The van der Waals surface area contributed by atoms with Crippen LogP contribution in [0.4, 0.5) is 5.82 Å². The molecule has 2 atom stereocenters. The first-order valence-corrected chi connectivity index (χ1v) is 6.25. The lowest BCUT2D eigenvalue weighted by molar-refractivity contribution is 0.519. The maximum Gasteiger partial charge on any atom is 0.151 e. The topological polar surface area (TPSA) is 40.7 Å². The molecule has 3 heteroatoms. The van der Waals surface area contributed by atoms with Gasteiger partial charge >= 0.3 is 0 Å². The fourth-order valence-corrected chi connectivity index (χ4v) is 2.48. The molecule has 0 aromatic carbocycles. The number of anilines is 1. The molecule has 0 fully saturated rings. The van der Waals surface area contributed by atoms with Gasteiger partial charge in [0.25, 0.3) is 0 Å². The first-order valence-electron chi connectivity index (χ1n) is 6.25. The van der Waals surface area contributed by atoms with Crippen LogP contribution in [-0.4, -0.2) is 15.7 Å². The van der Waals surface area contributed by atoms with Crippen molar-refractivity contribution < 1.29 is 0 Å². The average Bonchev–Trinajstić information content (AvgIpc) is 2.54. The first kappa shape index (κ1) is 11.5. The van der Waals surface area contributed by atoms with Crippen molar-refractivity contribution in [3.05, 3.63) is 11.3 Å². The van der Waals surface area contributed by atoms with Crippen molar-refractivity contribution in [3.63, 3.8) is 0 Å². The number of hydrogen-bond donors (Lipinski definition) is 2. The smallest absolute Gasteiger partial charge is 0.151 e. The molecule has 0 amide bonds. The van der Waals surface area contributed by atoms with Crippen LogP contribution in [0.25, 0.3) is 0 Å². The van der Waals surface area contributed by atoms with Gasteiger partial charge in [0.1, 0.15) is 0 Å². The summed E-state index contributed by atoms with van der Waals surface area (Å²) in [6.45, 7) is 11.1. The molecule has 0 radical (unpaired) electrons. The van der Waals surface area contributed by atoms with E-state index in [2.05, 4.69) is 50.1 Å². The molecule has 1 aromatic rings. The predicted octanol–water partition coefficient (Wildman–Crippen LogP) is 3.62. The summed E-state index contributed by atoms with van der Waals surface area (Å²) in [6, 6.07) is 0. The Morgan fingerprint density at radius 2 is 1.81 bits per heavy atom. The van der Waals surface area contributed by atoms with Crippen LogP contribution in [0, 0.1) is 0 Å². The van der Waals surface area contributed by atoms with E-state index in [1.165, 1.54) is 24.1 Å². The lowest BCUT2D eigenvalue weighted by Gasteiger charge is -2.27. The lowest BCUT2D eigenvalue weighted by Crippen LogP contribution is -2.27. The van der Waals surface area contributed by atoms with E-state index in [1.54, 1.807) is 0 Å². The SMILES string of the molecule is CC1CCC(C)c2c(NC(C)(C)C)n[nH]c21. The number of H-pyrrole nitrogens is 1.